The second kappa shape index (κ2) is 5.49. The first-order valence-corrected chi connectivity index (χ1v) is 6.92. The standard InChI is InChI=1S/C14H26N2O3/c1-7-14(8-2)11(17)15-13(4,5)12(18)16(14)9-10(3)19-6/h10H,7-9H2,1-6H3,(H,15,17). The summed E-state index contributed by atoms with van der Waals surface area (Å²) in [6.45, 7) is 9.72. The molecule has 2 amide bonds. The summed E-state index contributed by atoms with van der Waals surface area (Å²) in [4.78, 5) is 26.8. The van der Waals surface area contributed by atoms with Crippen LogP contribution >= 0.6 is 0 Å². The minimum Gasteiger partial charge on any atom is -0.380 e. The number of piperazine rings is 1. The zero-order valence-electron chi connectivity index (χ0n) is 12.9. The third kappa shape index (κ3) is 2.61. The van der Waals surface area contributed by atoms with Crippen LogP contribution in [0.5, 0.6) is 0 Å². The lowest BCUT2D eigenvalue weighted by atomic mass is 9.82. The number of methoxy groups -OCH3 is 1. The van der Waals surface area contributed by atoms with Gasteiger partial charge in [-0.2, -0.15) is 0 Å². The number of carbonyl (C=O) groups is 2. The Labute approximate surface area is 115 Å². The van der Waals surface area contributed by atoms with E-state index in [4.69, 9.17) is 4.74 Å². The fourth-order valence-electron chi connectivity index (χ4n) is 2.65. The molecule has 19 heavy (non-hydrogen) atoms. The number of ether oxygens (including phenoxy) is 1. The van der Waals surface area contributed by atoms with Gasteiger partial charge in [0, 0.05) is 13.7 Å². The molecule has 1 unspecified atom stereocenters. The van der Waals surface area contributed by atoms with Gasteiger partial charge in [-0.05, 0) is 33.6 Å². The van der Waals surface area contributed by atoms with Crippen LogP contribution < -0.4 is 5.32 Å². The second-order valence-electron chi connectivity index (χ2n) is 5.78. The average Bonchev–Trinajstić information content (AvgIpc) is 2.36. The largest absolute Gasteiger partial charge is 0.380 e. The fourth-order valence-corrected chi connectivity index (χ4v) is 2.65. The molecule has 0 bridgehead atoms. The number of nitrogens with one attached hydrogen (secondary N) is 1. The van der Waals surface area contributed by atoms with Gasteiger partial charge < -0.3 is 15.0 Å². The zero-order valence-corrected chi connectivity index (χ0v) is 12.9. The van der Waals surface area contributed by atoms with Crippen molar-refractivity contribution in [2.45, 2.75) is 64.6 Å². The van der Waals surface area contributed by atoms with Crippen molar-refractivity contribution in [1.29, 1.82) is 0 Å². The smallest absolute Gasteiger partial charge is 0.248 e. The molecule has 1 rings (SSSR count). The Morgan fingerprint density at radius 2 is 1.79 bits per heavy atom. The van der Waals surface area contributed by atoms with Crippen molar-refractivity contribution < 1.29 is 14.3 Å². The monoisotopic (exact) mass is 270 g/mol. The van der Waals surface area contributed by atoms with Gasteiger partial charge in [0.05, 0.1) is 6.10 Å². The molecular weight excluding hydrogens is 244 g/mol. The maximum Gasteiger partial charge on any atom is 0.248 e. The van der Waals surface area contributed by atoms with Crippen molar-refractivity contribution in [3.8, 4) is 0 Å². The van der Waals surface area contributed by atoms with Gasteiger partial charge in [0.25, 0.3) is 0 Å². The second-order valence-corrected chi connectivity index (χ2v) is 5.78. The number of rotatable bonds is 5. The van der Waals surface area contributed by atoms with Gasteiger partial charge in [0.2, 0.25) is 11.8 Å². The number of hydrogen-bond donors (Lipinski definition) is 1. The number of carbonyl (C=O) groups excluding carboxylic acids is 2. The number of amides is 2. The van der Waals surface area contributed by atoms with E-state index in [1.165, 1.54) is 0 Å². The normalized spacial score (nSPS) is 23.2. The van der Waals surface area contributed by atoms with E-state index >= 15 is 0 Å². The predicted octanol–water partition coefficient (Wildman–Crippen LogP) is 1.32. The summed E-state index contributed by atoms with van der Waals surface area (Å²) < 4.78 is 5.26. The summed E-state index contributed by atoms with van der Waals surface area (Å²) in [7, 11) is 1.61. The van der Waals surface area contributed by atoms with Crippen LogP contribution in [0.4, 0.5) is 0 Å². The number of nitrogens with zero attached hydrogens (tertiary/aromatic N) is 1. The first kappa shape index (κ1) is 16.0. The SMILES string of the molecule is CCC1(CC)C(=O)NC(C)(C)C(=O)N1CC(C)OC. The predicted molar refractivity (Wildman–Crippen MR) is 73.7 cm³/mol. The van der Waals surface area contributed by atoms with Crippen LogP contribution in [0.3, 0.4) is 0 Å². The van der Waals surface area contributed by atoms with E-state index in [0.717, 1.165) is 0 Å². The van der Waals surface area contributed by atoms with Crippen LogP contribution in [-0.2, 0) is 14.3 Å². The van der Waals surface area contributed by atoms with Crippen LogP contribution in [0.25, 0.3) is 0 Å². The molecule has 1 heterocycles. The Morgan fingerprint density at radius 1 is 1.26 bits per heavy atom. The molecule has 0 aromatic carbocycles. The molecule has 0 spiro atoms. The highest BCUT2D eigenvalue weighted by atomic mass is 16.5. The Kier molecular flexibility index (Phi) is 4.61. The summed E-state index contributed by atoms with van der Waals surface area (Å²) in [6.07, 6.45) is 1.12. The molecule has 0 aromatic rings. The Hall–Kier alpha value is -1.10. The van der Waals surface area contributed by atoms with Crippen molar-refractivity contribution in [2.24, 2.45) is 0 Å². The lowest BCUT2D eigenvalue weighted by molar-refractivity contribution is -0.164. The summed E-state index contributed by atoms with van der Waals surface area (Å²) in [5.41, 5.74) is -1.60. The third-order valence-corrected chi connectivity index (χ3v) is 4.16. The Balaban J connectivity index is 3.19. The lowest BCUT2D eigenvalue weighted by Crippen LogP contribution is -2.74. The lowest BCUT2D eigenvalue weighted by Gasteiger charge is -2.51. The van der Waals surface area contributed by atoms with Crippen molar-refractivity contribution in [3.63, 3.8) is 0 Å². The molecule has 1 atom stereocenters. The molecule has 5 heteroatoms. The minimum atomic E-state index is -0.849. The molecule has 1 N–H and O–H groups in total. The zero-order chi connectivity index (χ0) is 14.8. The highest BCUT2D eigenvalue weighted by molar-refractivity contribution is 6.01. The van der Waals surface area contributed by atoms with Gasteiger partial charge >= 0.3 is 0 Å². The van der Waals surface area contributed by atoms with Crippen LogP contribution in [0.15, 0.2) is 0 Å². The van der Waals surface area contributed by atoms with Gasteiger partial charge in [-0.25, -0.2) is 0 Å². The first-order chi connectivity index (χ1) is 8.75. The van der Waals surface area contributed by atoms with Gasteiger partial charge in [0.15, 0.2) is 0 Å². The van der Waals surface area contributed by atoms with Crippen molar-refractivity contribution in [2.75, 3.05) is 13.7 Å². The fraction of sp³-hybridized carbons (Fsp3) is 0.857. The summed E-state index contributed by atoms with van der Waals surface area (Å²) in [5, 5.41) is 2.85. The van der Waals surface area contributed by atoms with Gasteiger partial charge in [0.1, 0.15) is 11.1 Å². The van der Waals surface area contributed by atoms with E-state index in [1.807, 2.05) is 20.8 Å². The first-order valence-electron chi connectivity index (χ1n) is 6.92. The number of hydrogen-bond acceptors (Lipinski definition) is 3. The van der Waals surface area contributed by atoms with E-state index in [1.54, 1.807) is 25.9 Å². The molecule has 1 aliphatic heterocycles. The summed E-state index contributed by atoms with van der Waals surface area (Å²) in [6, 6.07) is 0. The van der Waals surface area contributed by atoms with Crippen LogP contribution in [0, 0.1) is 0 Å². The Bertz CT molecular complexity index is 362. The van der Waals surface area contributed by atoms with E-state index in [-0.39, 0.29) is 17.9 Å². The van der Waals surface area contributed by atoms with Crippen molar-refractivity contribution >= 4 is 11.8 Å². The van der Waals surface area contributed by atoms with E-state index < -0.39 is 11.1 Å². The maximum atomic E-state index is 12.6. The molecule has 1 aliphatic rings. The van der Waals surface area contributed by atoms with Crippen LogP contribution in [-0.4, -0.2) is 47.6 Å². The highest BCUT2D eigenvalue weighted by Gasteiger charge is 2.53. The molecule has 0 aromatic heterocycles. The highest BCUT2D eigenvalue weighted by Crippen LogP contribution is 2.32. The molecule has 0 aliphatic carbocycles. The molecule has 0 saturated carbocycles. The molecule has 1 fully saturated rings. The summed E-state index contributed by atoms with van der Waals surface area (Å²) >= 11 is 0. The quantitative estimate of drug-likeness (QED) is 0.819. The van der Waals surface area contributed by atoms with Gasteiger partial charge in [-0.1, -0.05) is 13.8 Å². The Morgan fingerprint density at radius 3 is 2.21 bits per heavy atom. The summed E-state index contributed by atoms with van der Waals surface area (Å²) in [5.74, 6) is -0.106. The van der Waals surface area contributed by atoms with E-state index in [0.29, 0.717) is 19.4 Å². The van der Waals surface area contributed by atoms with Crippen molar-refractivity contribution in [3.05, 3.63) is 0 Å². The van der Waals surface area contributed by atoms with Crippen molar-refractivity contribution in [1.82, 2.24) is 10.2 Å². The maximum absolute atomic E-state index is 12.6. The van der Waals surface area contributed by atoms with Crippen LogP contribution in [0.1, 0.15) is 47.5 Å². The van der Waals surface area contributed by atoms with Crippen LogP contribution in [0.2, 0.25) is 0 Å². The van der Waals surface area contributed by atoms with Gasteiger partial charge in [-0.15, -0.1) is 0 Å². The molecule has 5 nitrogen and oxygen atoms in total. The third-order valence-electron chi connectivity index (χ3n) is 4.16. The average molecular weight is 270 g/mol. The van der Waals surface area contributed by atoms with E-state index in [9.17, 15) is 9.59 Å². The molecular formula is C14H26N2O3. The molecule has 0 radical (unpaired) electrons. The molecule has 110 valence electrons. The topological polar surface area (TPSA) is 58.6 Å². The minimum absolute atomic E-state index is 0.0419. The molecule has 1 saturated heterocycles. The van der Waals surface area contributed by atoms with Gasteiger partial charge in [-0.3, -0.25) is 9.59 Å². The van der Waals surface area contributed by atoms with E-state index in [2.05, 4.69) is 5.32 Å².